The summed E-state index contributed by atoms with van der Waals surface area (Å²) in [6, 6.07) is 0. The van der Waals surface area contributed by atoms with Crippen LogP contribution in [0.2, 0.25) is 0 Å². The second-order valence-electron chi connectivity index (χ2n) is 2.72. The molecule has 1 N–H and O–H groups in total. The Morgan fingerprint density at radius 2 is 2.29 bits per heavy atom. The number of rotatable bonds is 6. The summed E-state index contributed by atoms with van der Waals surface area (Å²) in [5.41, 5.74) is 0.821. The second kappa shape index (κ2) is 7.03. The first-order valence-electron chi connectivity index (χ1n) is 4.40. The molecular weight excluding hydrogens is 182 g/mol. The molecule has 0 bridgehead atoms. The highest BCUT2D eigenvalue weighted by Crippen LogP contribution is 2.10. The average molecular weight is 197 g/mol. The van der Waals surface area contributed by atoms with E-state index in [0.717, 1.165) is 5.57 Å². The first-order valence-corrected chi connectivity index (χ1v) is 4.40. The number of allylic oxidation sites excluding steroid dienone is 4. The van der Waals surface area contributed by atoms with Gasteiger partial charge in [0.25, 0.3) is 5.70 Å². The molecule has 0 spiro atoms. The molecule has 0 unspecified atom stereocenters. The van der Waals surface area contributed by atoms with Crippen molar-refractivity contribution >= 4 is 0 Å². The van der Waals surface area contributed by atoms with E-state index in [4.69, 9.17) is 5.11 Å². The molecule has 4 nitrogen and oxygen atoms in total. The van der Waals surface area contributed by atoms with E-state index >= 15 is 0 Å². The van der Waals surface area contributed by atoms with Crippen molar-refractivity contribution in [1.29, 1.82) is 0 Å². The van der Waals surface area contributed by atoms with Gasteiger partial charge >= 0.3 is 0 Å². The first-order chi connectivity index (χ1) is 6.65. The van der Waals surface area contributed by atoms with E-state index < -0.39 is 4.92 Å². The van der Waals surface area contributed by atoms with Gasteiger partial charge in [0.15, 0.2) is 0 Å². The normalized spacial score (nSPS) is 12.7. The van der Waals surface area contributed by atoms with E-state index in [1.165, 1.54) is 12.2 Å². The van der Waals surface area contributed by atoms with Crippen LogP contribution in [0.3, 0.4) is 0 Å². The molecule has 0 fully saturated rings. The fourth-order valence-corrected chi connectivity index (χ4v) is 0.959. The molecule has 0 aliphatic heterocycles. The summed E-state index contributed by atoms with van der Waals surface area (Å²) < 4.78 is 0. The van der Waals surface area contributed by atoms with Gasteiger partial charge in [0.2, 0.25) is 0 Å². The fourth-order valence-electron chi connectivity index (χ4n) is 0.959. The number of hydrogen-bond donors (Lipinski definition) is 1. The Bertz CT molecular complexity index is 267. The highest BCUT2D eigenvalue weighted by Gasteiger charge is 2.05. The van der Waals surface area contributed by atoms with Crippen LogP contribution in [-0.4, -0.2) is 16.6 Å². The largest absolute Gasteiger partial charge is 0.396 e. The van der Waals surface area contributed by atoms with E-state index in [2.05, 4.69) is 6.58 Å². The molecule has 14 heavy (non-hydrogen) atoms. The lowest BCUT2D eigenvalue weighted by Crippen LogP contribution is -1.96. The molecule has 0 aliphatic carbocycles. The minimum absolute atomic E-state index is 0.0176. The third kappa shape index (κ3) is 4.57. The third-order valence-corrected chi connectivity index (χ3v) is 1.75. The maximum Gasteiger partial charge on any atom is 0.269 e. The monoisotopic (exact) mass is 197 g/mol. The number of hydrogen-bond acceptors (Lipinski definition) is 3. The summed E-state index contributed by atoms with van der Waals surface area (Å²) in [6.45, 7) is 5.26. The van der Waals surface area contributed by atoms with Gasteiger partial charge in [0.1, 0.15) is 0 Å². The maximum atomic E-state index is 10.4. The van der Waals surface area contributed by atoms with Gasteiger partial charge < -0.3 is 5.11 Å². The number of nitrogens with zero attached hydrogens (tertiary/aromatic N) is 1. The van der Waals surface area contributed by atoms with Crippen LogP contribution in [0.15, 0.2) is 36.1 Å². The smallest absolute Gasteiger partial charge is 0.269 e. The van der Waals surface area contributed by atoms with Crippen LogP contribution in [0.1, 0.15) is 19.8 Å². The van der Waals surface area contributed by atoms with E-state index in [1.807, 2.05) is 6.92 Å². The van der Waals surface area contributed by atoms with E-state index in [0.29, 0.717) is 12.8 Å². The molecule has 0 aliphatic rings. The van der Waals surface area contributed by atoms with Gasteiger partial charge in [0, 0.05) is 18.8 Å². The third-order valence-electron chi connectivity index (χ3n) is 1.75. The molecule has 0 aromatic heterocycles. The quantitative estimate of drug-likeness (QED) is 0.402. The number of aliphatic hydroxyl groups excluding tert-OH is 1. The van der Waals surface area contributed by atoms with Gasteiger partial charge in [-0.15, -0.1) is 0 Å². The molecule has 0 aromatic carbocycles. The maximum absolute atomic E-state index is 10.4. The molecule has 0 amide bonds. The lowest BCUT2D eigenvalue weighted by Gasteiger charge is -1.98. The van der Waals surface area contributed by atoms with E-state index in [-0.39, 0.29) is 12.3 Å². The number of nitro groups is 1. The first kappa shape index (κ1) is 12.6. The van der Waals surface area contributed by atoms with Crippen molar-refractivity contribution in [3.8, 4) is 0 Å². The molecule has 0 heterocycles. The highest BCUT2D eigenvalue weighted by molar-refractivity contribution is 5.24. The summed E-state index contributed by atoms with van der Waals surface area (Å²) >= 11 is 0. The van der Waals surface area contributed by atoms with Gasteiger partial charge in [-0.25, -0.2) is 0 Å². The SMILES string of the molecule is C=C/C(=C\C(=C/C)CCCO)[N+](=O)[O-]. The summed E-state index contributed by atoms with van der Waals surface area (Å²) in [5.74, 6) is 0. The molecule has 0 radical (unpaired) electrons. The zero-order valence-corrected chi connectivity index (χ0v) is 8.27. The minimum Gasteiger partial charge on any atom is -0.396 e. The standard InChI is InChI=1S/C10H15NO3/c1-3-9(6-5-7-12)8-10(4-2)11(13)14/h3-4,8,12H,2,5-7H2,1H3/b9-3-,10-8+. The van der Waals surface area contributed by atoms with Crippen molar-refractivity contribution in [3.63, 3.8) is 0 Å². The van der Waals surface area contributed by atoms with Crippen molar-refractivity contribution in [2.24, 2.45) is 0 Å². The minimum atomic E-state index is -0.477. The Morgan fingerprint density at radius 3 is 2.64 bits per heavy atom. The summed E-state index contributed by atoms with van der Waals surface area (Å²) in [4.78, 5) is 9.97. The zero-order valence-electron chi connectivity index (χ0n) is 8.27. The van der Waals surface area contributed by atoms with Crippen LogP contribution in [-0.2, 0) is 0 Å². The van der Waals surface area contributed by atoms with E-state index in [9.17, 15) is 10.1 Å². The Kier molecular flexibility index (Phi) is 6.32. The highest BCUT2D eigenvalue weighted by atomic mass is 16.6. The Morgan fingerprint density at radius 1 is 1.64 bits per heavy atom. The van der Waals surface area contributed by atoms with Crippen molar-refractivity contribution < 1.29 is 10.0 Å². The lowest BCUT2D eigenvalue weighted by atomic mass is 10.1. The van der Waals surface area contributed by atoms with Gasteiger partial charge in [-0.2, -0.15) is 0 Å². The van der Waals surface area contributed by atoms with Crippen LogP contribution < -0.4 is 0 Å². The molecule has 0 atom stereocenters. The fraction of sp³-hybridized carbons (Fsp3) is 0.400. The van der Waals surface area contributed by atoms with Gasteiger partial charge in [-0.1, -0.05) is 12.7 Å². The van der Waals surface area contributed by atoms with Gasteiger partial charge in [-0.3, -0.25) is 10.1 Å². The summed E-state index contributed by atoms with van der Waals surface area (Å²) in [7, 11) is 0. The molecule has 0 aromatic rings. The summed E-state index contributed by atoms with van der Waals surface area (Å²) in [6.07, 6.45) is 5.73. The van der Waals surface area contributed by atoms with Crippen LogP contribution >= 0.6 is 0 Å². The van der Waals surface area contributed by atoms with Crippen molar-refractivity contribution in [1.82, 2.24) is 0 Å². The zero-order chi connectivity index (χ0) is 11.0. The Labute approximate surface area is 83.4 Å². The Balaban J connectivity index is 4.55. The van der Waals surface area contributed by atoms with Crippen molar-refractivity contribution in [3.05, 3.63) is 46.2 Å². The van der Waals surface area contributed by atoms with Crippen LogP contribution in [0.5, 0.6) is 0 Å². The molecule has 0 rings (SSSR count). The van der Waals surface area contributed by atoms with Crippen LogP contribution in [0, 0.1) is 10.1 Å². The van der Waals surface area contributed by atoms with Crippen LogP contribution in [0.25, 0.3) is 0 Å². The lowest BCUT2D eigenvalue weighted by molar-refractivity contribution is -0.419. The Hall–Kier alpha value is -1.42. The molecule has 4 heteroatoms. The topological polar surface area (TPSA) is 63.4 Å². The van der Waals surface area contributed by atoms with Crippen molar-refractivity contribution in [2.75, 3.05) is 6.61 Å². The number of aliphatic hydroxyl groups is 1. The predicted molar refractivity (Wildman–Crippen MR) is 55.4 cm³/mol. The van der Waals surface area contributed by atoms with Crippen LogP contribution in [0.4, 0.5) is 0 Å². The van der Waals surface area contributed by atoms with E-state index in [1.54, 1.807) is 6.08 Å². The van der Waals surface area contributed by atoms with Gasteiger partial charge in [0.05, 0.1) is 4.92 Å². The van der Waals surface area contributed by atoms with Gasteiger partial charge in [-0.05, 0) is 25.3 Å². The summed E-state index contributed by atoms with van der Waals surface area (Å²) in [5, 5.41) is 19.1. The molecule has 0 saturated heterocycles. The molecular formula is C10H15NO3. The molecule has 78 valence electrons. The molecule has 0 saturated carbocycles. The predicted octanol–water partition coefficient (Wildman–Crippen LogP) is 2.05. The van der Waals surface area contributed by atoms with Crippen molar-refractivity contribution in [2.45, 2.75) is 19.8 Å². The average Bonchev–Trinajstić information content (AvgIpc) is 2.18. The second-order valence-corrected chi connectivity index (χ2v) is 2.72.